The standard InChI is InChI=1S/C29H39F3/c1-2-3-4-6-11-24-14-16-27(17-15-24)28(20-9-10-21-29(30,31)32)22-18-26(19-23-28)25-12-7-5-8-13-25/h5,7-9,12-13,18-20,22,24,27H,2-4,6,10-11,14-17,21,23H2,1H3/t24-,27-,28?. The van der Waals surface area contributed by atoms with Gasteiger partial charge in [-0.15, -0.1) is 0 Å². The lowest BCUT2D eigenvalue weighted by molar-refractivity contribution is -0.133. The van der Waals surface area contributed by atoms with E-state index in [1.165, 1.54) is 68.9 Å². The minimum atomic E-state index is -4.09. The summed E-state index contributed by atoms with van der Waals surface area (Å²) < 4.78 is 37.9. The van der Waals surface area contributed by atoms with Crippen LogP contribution in [0.15, 0.2) is 60.7 Å². The van der Waals surface area contributed by atoms with Gasteiger partial charge in [0, 0.05) is 11.8 Å². The van der Waals surface area contributed by atoms with E-state index in [1.807, 2.05) is 18.2 Å². The topological polar surface area (TPSA) is 0 Å². The van der Waals surface area contributed by atoms with Gasteiger partial charge in [0.05, 0.1) is 0 Å². The van der Waals surface area contributed by atoms with E-state index in [2.05, 4.69) is 43.4 Å². The van der Waals surface area contributed by atoms with Gasteiger partial charge in [-0.1, -0.05) is 113 Å². The smallest absolute Gasteiger partial charge is 0.171 e. The van der Waals surface area contributed by atoms with E-state index in [4.69, 9.17) is 0 Å². The molecule has 0 nitrogen and oxygen atoms in total. The lowest BCUT2D eigenvalue weighted by atomic mass is 9.63. The highest BCUT2D eigenvalue weighted by molar-refractivity contribution is 5.75. The Morgan fingerprint density at radius 1 is 1.00 bits per heavy atom. The van der Waals surface area contributed by atoms with Gasteiger partial charge >= 0.3 is 6.18 Å². The Balaban J connectivity index is 1.65. The predicted octanol–water partition coefficient (Wildman–Crippen LogP) is 9.69. The van der Waals surface area contributed by atoms with Crippen LogP contribution in [0, 0.1) is 17.3 Å². The maximum Gasteiger partial charge on any atom is 0.389 e. The predicted molar refractivity (Wildman–Crippen MR) is 129 cm³/mol. The zero-order valence-electron chi connectivity index (χ0n) is 19.5. The van der Waals surface area contributed by atoms with Crippen molar-refractivity contribution in [2.45, 2.75) is 90.1 Å². The Morgan fingerprint density at radius 3 is 2.38 bits per heavy atom. The second kappa shape index (κ2) is 11.9. The second-order valence-electron chi connectivity index (χ2n) is 9.80. The summed E-state index contributed by atoms with van der Waals surface area (Å²) >= 11 is 0. The zero-order chi connectivity index (χ0) is 22.9. The Hall–Kier alpha value is -1.77. The molecular weight excluding hydrogens is 405 g/mol. The molecule has 0 spiro atoms. The van der Waals surface area contributed by atoms with Crippen molar-refractivity contribution in [3.8, 4) is 0 Å². The highest BCUT2D eigenvalue weighted by Crippen LogP contribution is 2.48. The van der Waals surface area contributed by atoms with E-state index in [1.54, 1.807) is 6.08 Å². The highest BCUT2D eigenvalue weighted by atomic mass is 19.4. The minimum Gasteiger partial charge on any atom is -0.171 e. The van der Waals surface area contributed by atoms with E-state index in [0.717, 1.165) is 12.3 Å². The molecule has 3 heteroatoms. The van der Waals surface area contributed by atoms with Gasteiger partial charge in [-0.25, -0.2) is 0 Å². The minimum absolute atomic E-state index is 0.0706. The van der Waals surface area contributed by atoms with Crippen molar-refractivity contribution in [3.63, 3.8) is 0 Å². The molecule has 2 aliphatic rings. The fourth-order valence-electron chi connectivity index (χ4n) is 5.47. The maximum absolute atomic E-state index is 12.6. The van der Waals surface area contributed by atoms with E-state index in [-0.39, 0.29) is 11.8 Å². The van der Waals surface area contributed by atoms with Crippen LogP contribution in [0.3, 0.4) is 0 Å². The van der Waals surface area contributed by atoms with Gasteiger partial charge in [0.1, 0.15) is 0 Å². The van der Waals surface area contributed by atoms with Crippen LogP contribution in [0.4, 0.5) is 13.2 Å². The van der Waals surface area contributed by atoms with Crippen molar-refractivity contribution in [3.05, 3.63) is 66.3 Å². The third-order valence-electron chi connectivity index (χ3n) is 7.45. The van der Waals surface area contributed by atoms with Gasteiger partial charge in [0.2, 0.25) is 0 Å². The first-order valence-corrected chi connectivity index (χ1v) is 12.6. The van der Waals surface area contributed by atoms with Crippen molar-refractivity contribution in [1.29, 1.82) is 0 Å². The molecule has 32 heavy (non-hydrogen) atoms. The molecule has 1 saturated carbocycles. The number of allylic oxidation sites excluding steroid dienone is 6. The third-order valence-corrected chi connectivity index (χ3v) is 7.45. The average molecular weight is 445 g/mol. The first-order chi connectivity index (χ1) is 15.4. The Kier molecular flexibility index (Phi) is 9.25. The number of alkyl halides is 3. The first kappa shape index (κ1) is 24.9. The van der Waals surface area contributed by atoms with Gasteiger partial charge in [0.15, 0.2) is 0 Å². The van der Waals surface area contributed by atoms with Crippen molar-refractivity contribution in [1.82, 2.24) is 0 Å². The van der Waals surface area contributed by atoms with Crippen LogP contribution in [-0.4, -0.2) is 6.18 Å². The Morgan fingerprint density at radius 2 is 1.75 bits per heavy atom. The summed E-state index contributed by atoms with van der Waals surface area (Å²) in [6.45, 7) is 2.25. The number of unbranched alkanes of at least 4 members (excludes halogenated alkanes) is 3. The van der Waals surface area contributed by atoms with E-state index in [9.17, 15) is 13.2 Å². The van der Waals surface area contributed by atoms with Crippen LogP contribution in [0.2, 0.25) is 0 Å². The fraction of sp³-hybridized carbons (Fsp3) is 0.586. The SMILES string of the molecule is CCCCCC[C@H]1CC[C@H](C2(C=CCCC(F)(F)F)C=CC(c3ccccc3)=CC2)CC1. The van der Waals surface area contributed by atoms with E-state index in [0.29, 0.717) is 5.92 Å². The average Bonchev–Trinajstić information content (AvgIpc) is 2.80. The largest absolute Gasteiger partial charge is 0.389 e. The zero-order valence-corrected chi connectivity index (χ0v) is 19.5. The molecule has 0 aliphatic heterocycles. The van der Waals surface area contributed by atoms with Crippen LogP contribution in [0.25, 0.3) is 5.57 Å². The number of benzene rings is 1. The molecule has 0 aromatic heterocycles. The molecule has 0 amide bonds. The van der Waals surface area contributed by atoms with Crippen molar-refractivity contribution in [2.24, 2.45) is 17.3 Å². The molecule has 1 aromatic rings. The molecule has 1 fully saturated rings. The van der Waals surface area contributed by atoms with Crippen molar-refractivity contribution >= 4 is 5.57 Å². The van der Waals surface area contributed by atoms with Crippen molar-refractivity contribution < 1.29 is 13.2 Å². The van der Waals surface area contributed by atoms with Gasteiger partial charge in [0.25, 0.3) is 0 Å². The van der Waals surface area contributed by atoms with Crippen LogP contribution in [-0.2, 0) is 0 Å². The van der Waals surface area contributed by atoms with Gasteiger partial charge in [-0.05, 0) is 48.7 Å². The molecule has 0 saturated heterocycles. The fourth-order valence-corrected chi connectivity index (χ4v) is 5.47. The summed E-state index contributed by atoms with van der Waals surface area (Å²) in [6.07, 6.45) is 18.3. The molecule has 0 radical (unpaired) electrons. The molecule has 3 rings (SSSR count). The van der Waals surface area contributed by atoms with Crippen LogP contribution in [0.5, 0.6) is 0 Å². The van der Waals surface area contributed by atoms with E-state index < -0.39 is 12.6 Å². The second-order valence-corrected chi connectivity index (χ2v) is 9.80. The van der Waals surface area contributed by atoms with Gasteiger partial charge in [-0.2, -0.15) is 13.2 Å². The Labute approximate surface area is 192 Å². The summed E-state index contributed by atoms with van der Waals surface area (Å²) in [7, 11) is 0. The molecule has 2 aliphatic carbocycles. The number of halogens is 3. The summed E-state index contributed by atoms with van der Waals surface area (Å²) in [5, 5.41) is 0. The molecule has 1 atom stereocenters. The van der Waals surface area contributed by atoms with Gasteiger partial charge in [-0.3, -0.25) is 0 Å². The quantitative estimate of drug-likeness (QED) is 0.249. The van der Waals surface area contributed by atoms with Crippen LogP contribution < -0.4 is 0 Å². The first-order valence-electron chi connectivity index (χ1n) is 12.6. The molecule has 0 heterocycles. The molecule has 1 unspecified atom stereocenters. The summed E-state index contributed by atoms with van der Waals surface area (Å²) in [5.41, 5.74) is 2.28. The normalized spacial score (nSPS) is 26.4. The summed E-state index contributed by atoms with van der Waals surface area (Å²) in [6, 6.07) is 10.3. The molecule has 1 aromatic carbocycles. The monoisotopic (exact) mass is 444 g/mol. The molecule has 176 valence electrons. The maximum atomic E-state index is 12.6. The van der Waals surface area contributed by atoms with E-state index >= 15 is 0 Å². The van der Waals surface area contributed by atoms with Crippen LogP contribution in [0.1, 0.15) is 89.5 Å². The number of hydrogen-bond acceptors (Lipinski definition) is 0. The lowest BCUT2D eigenvalue weighted by Gasteiger charge is -2.42. The Bertz CT molecular complexity index is 763. The number of hydrogen-bond donors (Lipinski definition) is 0. The lowest BCUT2D eigenvalue weighted by Crippen LogP contribution is -2.31. The summed E-state index contributed by atoms with van der Waals surface area (Å²) in [5.74, 6) is 1.35. The molecule has 0 bridgehead atoms. The van der Waals surface area contributed by atoms with Gasteiger partial charge < -0.3 is 0 Å². The van der Waals surface area contributed by atoms with Crippen LogP contribution >= 0.6 is 0 Å². The third kappa shape index (κ3) is 7.39. The summed E-state index contributed by atoms with van der Waals surface area (Å²) in [4.78, 5) is 0. The highest BCUT2D eigenvalue weighted by Gasteiger charge is 2.37. The van der Waals surface area contributed by atoms with Crippen molar-refractivity contribution in [2.75, 3.05) is 0 Å². The molecular formula is C29H39F3. The molecule has 0 N–H and O–H groups in total. The number of rotatable bonds is 10.